The highest BCUT2D eigenvalue weighted by atomic mass is 32.2. The molecular formula is C11H18N2O4S. The van der Waals surface area contributed by atoms with Crippen molar-refractivity contribution in [2.24, 2.45) is 5.92 Å². The summed E-state index contributed by atoms with van der Waals surface area (Å²) in [5.41, 5.74) is 0. The lowest BCUT2D eigenvalue weighted by molar-refractivity contribution is 0.0261. The van der Waals surface area contributed by atoms with Crippen molar-refractivity contribution in [2.45, 2.75) is 45.5 Å². The van der Waals surface area contributed by atoms with Gasteiger partial charge in [0.05, 0.1) is 18.4 Å². The first-order chi connectivity index (χ1) is 8.61. The predicted octanol–water partition coefficient (Wildman–Crippen LogP) is 1.11. The van der Waals surface area contributed by atoms with Crippen LogP contribution in [0.4, 0.5) is 0 Å². The number of rotatable bonds is 5. The van der Waals surface area contributed by atoms with Gasteiger partial charge in [-0.3, -0.25) is 8.47 Å². The van der Waals surface area contributed by atoms with E-state index in [-0.39, 0.29) is 24.2 Å². The lowest BCUT2D eigenvalue weighted by Crippen LogP contribution is -2.31. The second-order valence-electron chi connectivity index (χ2n) is 4.41. The Hall–Kier alpha value is -0.920. The van der Waals surface area contributed by atoms with E-state index in [4.69, 9.17) is 13.2 Å². The number of ether oxygens (including phenoxy) is 1. The Morgan fingerprint density at radius 2 is 2.28 bits per heavy atom. The Morgan fingerprint density at radius 3 is 2.83 bits per heavy atom. The number of hydrogen-bond donors (Lipinski definition) is 0. The van der Waals surface area contributed by atoms with Gasteiger partial charge in [0.15, 0.2) is 0 Å². The van der Waals surface area contributed by atoms with E-state index >= 15 is 0 Å². The van der Waals surface area contributed by atoms with Crippen molar-refractivity contribution in [1.29, 1.82) is 0 Å². The minimum absolute atomic E-state index is 0.0831. The molecule has 1 aliphatic heterocycles. The third kappa shape index (κ3) is 2.90. The fraction of sp³-hybridized carbons (Fsp3) is 0.727. The lowest BCUT2D eigenvalue weighted by atomic mass is 9.98. The predicted molar refractivity (Wildman–Crippen MR) is 65.6 cm³/mol. The zero-order valence-corrected chi connectivity index (χ0v) is 11.5. The topological polar surface area (TPSA) is 62.6 Å². The molecule has 1 saturated heterocycles. The van der Waals surface area contributed by atoms with Gasteiger partial charge in [-0.15, -0.1) is 0 Å². The minimum atomic E-state index is -1.85. The van der Waals surface area contributed by atoms with Crippen LogP contribution in [0, 0.1) is 5.92 Å². The summed E-state index contributed by atoms with van der Waals surface area (Å²) in [6, 6.07) is 0. The fourth-order valence-electron chi connectivity index (χ4n) is 2.22. The Morgan fingerprint density at radius 1 is 1.50 bits per heavy atom. The first-order valence-corrected chi connectivity index (χ1v) is 7.03. The second-order valence-corrected chi connectivity index (χ2v) is 5.16. The van der Waals surface area contributed by atoms with Crippen molar-refractivity contribution in [2.75, 3.05) is 0 Å². The van der Waals surface area contributed by atoms with Crippen LogP contribution in [-0.2, 0) is 20.3 Å². The van der Waals surface area contributed by atoms with Gasteiger partial charge >= 0.3 is 11.4 Å². The maximum Gasteiger partial charge on any atom is 0.380 e. The van der Waals surface area contributed by atoms with Crippen LogP contribution in [0.15, 0.2) is 18.7 Å². The van der Waals surface area contributed by atoms with Gasteiger partial charge in [0, 0.05) is 12.1 Å². The van der Waals surface area contributed by atoms with Crippen molar-refractivity contribution >= 4 is 11.4 Å². The van der Waals surface area contributed by atoms with Crippen LogP contribution >= 0.6 is 0 Å². The summed E-state index contributed by atoms with van der Waals surface area (Å²) < 4.78 is 29.1. The van der Waals surface area contributed by atoms with Crippen LogP contribution in [0.1, 0.15) is 27.2 Å². The quantitative estimate of drug-likeness (QED) is 0.805. The highest BCUT2D eigenvalue weighted by molar-refractivity contribution is 7.75. The molecule has 0 aromatic carbocycles. The zero-order chi connectivity index (χ0) is 13.1. The van der Waals surface area contributed by atoms with Crippen molar-refractivity contribution in [3.05, 3.63) is 18.7 Å². The lowest BCUT2D eigenvalue weighted by Gasteiger charge is -2.17. The van der Waals surface area contributed by atoms with Crippen molar-refractivity contribution < 1.29 is 17.4 Å². The van der Waals surface area contributed by atoms with E-state index in [1.807, 2.05) is 13.8 Å². The van der Waals surface area contributed by atoms with Crippen LogP contribution < -0.4 is 4.28 Å². The van der Waals surface area contributed by atoms with Crippen molar-refractivity contribution in [3.63, 3.8) is 0 Å². The van der Waals surface area contributed by atoms with E-state index in [0.29, 0.717) is 0 Å². The van der Waals surface area contributed by atoms with E-state index in [0.717, 1.165) is 6.42 Å². The van der Waals surface area contributed by atoms with E-state index in [1.54, 1.807) is 6.20 Å². The maximum absolute atomic E-state index is 11.7. The smallest absolute Gasteiger partial charge is 0.372 e. The van der Waals surface area contributed by atoms with Crippen molar-refractivity contribution in [1.82, 2.24) is 9.71 Å². The monoisotopic (exact) mass is 274 g/mol. The van der Waals surface area contributed by atoms with Gasteiger partial charge in [-0.25, -0.2) is 4.98 Å². The molecule has 0 saturated carbocycles. The molecule has 0 spiro atoms. The van der Waals surface area contributed by atoms with E-state index in [1.165, 1.54) is 17.3 Å². The maximum atomic E-state index is 11.7. The molecule has 2 rings (SSSR count). The van der Waals surface area contributed by atoms with Crippen LogP contribution in [0.2, 0.25) is 0 Å². The Labute approximate surface area is 109 Å². The molecule has 0 amide bonds. The second kappa shape index (κ2) is 5.81. The summed E-state index contributed by atoms with van der Waals surface area (Å²) >= 11 is -1.85. The minimum Gasteiger partial charge on any atom is -0.372 e. The van der Waals surface area contributed by atoms with Crippen LogP contribution in [-0.4, -0.2) is 32.2 Å². The molecule has 102 valence electrons. The summed E-state index contributed by atoms with van der Waals surface area (Å²) in [6.45, 7) is 6.03. The summed E-state index contributed by atoms with van der Waals surface area (Å²) in [7, 11) is 0. The molecule has 1 aromatic rings. The molecule has 1 fully saturated rings. The summed E-state index contributed by atoms with van der Waals surface area (Å²) in [5, 5.41) is 0. The molecule has 5 atom stereocenters. The number of aromatic nitrogens is 2. The highest BCUT2D eigenvalue weighted by Gasteiger charge is 2.41. The number of imidazole rings is 1. The zero-order valence-electron chi connectivity index (χ0n) is 10.7. The van der Waals surface area contributed by atoms with Gasteiger partial charge in [-0.2, -0.15) is 8.94 Å². The molecule has 5 unspecified atom stereocenters. The Bertz CT molecular complexity index is 398. The van der Waals surface area contributed by atoms with Gasteiger partial charge < -0.3 is 4.74 Å². The van der Waals surface area contributed by atoms with E-state index in [9.17, 15) is 4.21 Å². The molecule has 6 nitrogen and oxygen atoms in total. The van der Waals surface area contributed by atoms with Gasteiger partial charge in [-0.05, 0) is 13.3 Å². The molecule has 18 heavy (non-hydrogen) atoms. The average Bonchev–Trinajstić information content (AvgIpc) is 2.92. The normalized spacial score (nSPS) is 33.5. The van der Waals surface area contributed by atoms with Crippen LogP contribution in [0.3, 0.4) is 0 Å². The summed E-state index contributed by atoms with van der Waals surface area (Å²) in [6.07, 6.45) is 5.26. The molecule has 1 aromatic heterocycles. The van der Waals surface area contributed by atoms with E-state index in [2.05, 4.69) is 11.9 Å². The summed E-state index contributed by atoms with van der Waals surface area (Å²) in [4.78, 5) is 3.79. The highest BCUT2D eigenvalue weighted by Crippen LogP contribution is 2.31. The van der Waals surface area contributed by atoms with Crippen molar-refractivity contribution in [3.8, 4) is 0 Å². The number of hydrogen-bond acceptors (Lipinski definition) is 5. The third-order valence-electron chi connectivity index (χ3n) is 3.18. The number of nitrogens with zero attached hydrogens (tertiary/aromatic N) is 2. The largest absolute Gasteiger partial charge is 0.380 e. The van der Waals surface area contributed by atoms with Gasteiger partial charge in [0.1, 0.15) is 12.4 Å². The standard InChI is InChI=1S/C11H18N2O4S/c1-4-10-8(2)11(9(3)15-10)16-18(14)17-13-6-5-12-7-13/h5-11H,4H2,1-3H3. The molecule has 0 aliphatic carbocycles. The van der Waals surface area contributed by atoms with Gasteiger partial charge in [0.2, 0.25) is 0 Å². The Balaban J connectivity index is 1.91. The SMILES string of the molecule is CCC1OC(C)C(OS(=O)On2ccnc2)C1C. The molecule has 0 radical (unpaired) electrons. The van der Waals surface area contributed by atoms with Gasteiger partial charge in [0.25, 0.3) is 0 Å². The van der Waals surface area contributed by atoms with E-state index < -0.39 is 11.4 Å². The molecule has 0 N–H and O–H groups in total. The average molecular weight is 274 g/mol. The molecule has 7 heteroatoms. The molecule has 1 aliphatic rings. The van der Waals surface area contributed by atoms with Gasteiger partial charge in [-0.1, -0.05) is 13.8 Å². The van der Waals surface area contributed by atoms with Crippen LogP contribution in [0.25, 0.3) is 0 Å². The first kappa shape index (κ1) is 13.5. The molecule has 2 heterocycles. The molecule has 0 bridgehead atoms. The van der Waals surface area contributed by atoms with Crippen LogP contribution in [0.5, 0.6) is 0 Å². The third-order valence-corrected chi connectivity index (χ3v) is 3.85. The summed E-state index contributed by atoms with van der Waals surface area (Å²) in [5.74, 6) is 0.195. The molecular weight excluding hydrogens is 256 g/mol. The Kier molecular flexibility index (Phi) is 4.36. The first-order valence-electron chi connectivity index (χ1n) is 6.03. The fourth-order valence-corrected chi connectivity index (χ4v) is 3.00.